The van der Waals surface area contributed by atoms with Crippen LogP contribution in [0.1, 0.15) is 18.4 Å². The fourth-order valence-corrected chi connectivity index (χ4v) is 1.73. The van der Waals surface area contributed by atoms with Gasteiger partial charge in [0.25, 0.3) is 0 Å². The van der Waals surface area contributed by atoms with Gasteiger partial charge in [-0.1, -0.05) is 36.4 Å². The molecule has 3 heteroatoms. The van der Waals surface area contributed by atoms with E-state index in [9.17, 15) is 4.79 Å². The van der Waals surface area contributed by atoms with E-state index >= 15 is 0 Å². The second-order valence-corrected chi connectivity index (χ2v) is 3.90. The van der Waals surface area contributed by atoms with Crippen molar-refractivity contribution in [3.63, 3.8) is 0 Å². The van der Waals surface area contributed by atoms with Crippen molar-refractivity contribution in [2.75, 3.05) is 7.11 Å². The van der Waals surface area contributed by atoms with Crippen LogP contribution in [-0.4, -0.2) is 18.6 Å². The molecular weight excluding hydrogens is 202 g/mol. The van der Waals surface area contributed by atoms with Crippen molar-refractivity contribution in [3.05, 3.63) is 48.6 Å². The van der Waals surface area contributed by atoms with E-state index in [1.54, 1.807) is 13.0 Å². The molecule has 0 unspecified atom stereocenters. The lowest BCUT2D eigenvalue weighted by molar-refractivity contribution is -0.146. The first-order valence-corrected chi connectivity index (χ1v) is 5.08. The van der Waals surface area contributed by atoms with E-state index in [4.69, 9.17) is 10.5 Å². The zero-order valence-electron chi connectivity index (χ0n) is 9.64. The number of carbonyl (C=O) groups excluding carboxylic acids is 1. The third-order valence-corrected chi connectivity index (χ3v) is 2.67. The Bertz CT molecular complexity index is 371. The highest BCUT2D eigenvalue weighted by Crippen LogP contribution is 2.28. The van der Waals surface area contributed by atoms with Crippen LogP contribution in [0.25, 0.3) is 0 Å². The molecule has 0 aliphatic rings. The number of rotatable bonds is 4. The molecule has 1 aromatic carbocycles. The van der Waals surface area contributed by atoms with Crippen LogP contribution in [0.4, 0.5) is 0 Å². The van der Waals surface area contributed by atoms with E-state index in [1.807, 2.05) is 30.3 Å². The zero-order valence-corrected chi connectivity index (χ0v) is 9.64. The predicted molar refractivity (Wildman–Crippen MR) is 64.0 cm³/mol. The normalized spacial score (nSPS) is 15.9. The molecule has 0 heterocycles. The smallest absolute Gasteiger partial charge is 0.326 e. The van der Waals surface area contributed by atoms with Crippen molar-refractivity contribution in [1.82, 2.24) is 0 Å². The van der Waals surface area contributed by atoms with Gasteiger partial charge in [0.05, 0.1) is 7.11 Å². The third-order valence-electron chi connectivity index (χ3n) is 2.67. The Labute approximate surface area is 95.9 Å². The van der Waals surface area contributed by atoms with Gasteiger partial charge in [0.15, 0.2) is 0 Å². The first-order valence-electron chi connectivity index (χ1n) is 5.08. The van der Waals surface area contributed by atoms with Crippen LogP contribution in [0.3, 0.4) is 0 Å². The van der Waals surface area contributed by atoms with Crippen LogP contribution in [0.15, 0.2) is 43.0 Å². The van der Waals surface area contributed by atoms with Crippen LogP contribution in [0, 0.1) is 0 Å². The fraction of sp³-hybridized carbons (Fsp3) is 0.308. The van der Waals surface area contributed by atoms with Crippen molar-refractivity contribution in [2.45, 2.75) is 18.4 Å². The molecule has 0 radical (unpaired) electrons. The number of hydrogen-bond donors (Lipinski definition) is 1. The van der Waals surface area contributed by atoms with Gasteiger partial charge in [0, 0.05) is 5.92 Å². The molecule has 0 aromatic heterocycles. The maximum Gasteiger partial charge on any atom is 0.326 e. The van der Waals surface area contributed by atoms with Crippen LogP contribution < -0.4 is 5.73 Å². The van der Waals surface area contributed by atoms with Gasteiger partial charge < -0.3 is 10.5 Å². The summed E-state index contributed by atoms with van der Waals surface area (Å²) in [5.41, 5.74) is 5.86. The van der Waals surface area contributed by atoms with Crippen molar-refractivity contribution < 1.29 is 9.53 Å². The molecule has 0 bridgehead atoms. The first-order chi connectivity index (χ1) is 7.54. The lowest BCUT2D eigenvalue weighted by Crippen LogP contribution is -2.50. The molecule has 1 rings (SSSR count). The number of esters is 1. The molecule has 0 saturated heterocycles. The zero-order chi connectivity index (χ0) is 12.2. The molecule has 0 aliphatic carbocycles. The van der Waals surface area contributed by atoms with Crippen LogP contribution in [0.2, 0.25) is 0 Å². The molecule has 0 aliphatic heterocycles. The first kappa shape index (κ1) is 12.5. The van der Waals surface area contributed by atoms with E-state index in [0.717, 1.165) is 5.56 Å². The van der Waals surface area contributed by atoms with Gasteiger partial charge in [-0.25, -0.2) is 0 Å². The summed E-state index contributed by atoms with van der Waals surface area (Å²) in [6.07, 6.45) is 1.67. The molecule has 3 nitrogen and oxygen atoms in total. The second kappa shape index (κ2) is 4.94. The molecule has 16 heavy (non-hydrogen) atoms. The van der Waals surface area contributed by atoms with E-state index < -0.39 is 11.5 Å². The summed E-state index contributed by atoms with van der Waals surface area (Å²) in [4.78, 5) is 11.6. The summed E-state index contributed by atoms with van der Waals surface area (Å²) in [6.45, 7) is 5.38. The molecule has 1 aromatic rings. The predicted octanol–water partition coefficient (Wildman–Crippen LogP) is 1.85. The highest BCUT2D eigenvalue weighted by atomic mass is 16.5. The van der Waals surface area contributed by atoms with Gasteiger partial charge in [-0.2, -0.15) is 0 Å². The van der Waals surface area contributed by atoms with Crippen LogP contribution in [-0.2, 0) is 9.53 Å². The number of benzene rings is 1. The van der Waals surface area contributed by atoms with Gasteiger partial charge in [-0.3, -0.25) is 4.79 Å². The SMILES string of the molecule is C=C[C@@H](c1ccccc1)[C@@](C)(N)C(=O)OC. The van der Waals surface area contributed by atoms with E-state index in [2.05, 4.69) is 6.58 Å². The monoisotopic (exact) mass is 219 g/mol. The second-order valence-electron chi connectivity index (χ2n) is 3.90. The Morgan fingerprint density at radius 1 is 1.50 bits per heavy atom. The summed E-state index contributed by atoms with van der Waals surface area (Å²) in [5, 5.41) is 0. The van der Waals surface area contributed by atoms with Gasteiger partial charge in [-0.15, -0.1) is 6.58 Å². The number of carbonyl (C=O) groups is 1. The topological polar surface area (TPSA) is 52.3 Å². The van der Waals surface area contributed by atoms with Gasteiger partial charge in [0.1, 0.15) is 5.54 Å². The molecular formula is C13H17NO2. The Morgan fingerprint density at radius 2 is 2.06 bits per heavy atom. The molecule has 0 spiro atoms. The molecule has 86 valence electrons. The lowest BCUT2D eigenvalue weighted by atomic mass is 9.81. The van der Waals surface area contributed by atoms with Crippen molar-refractivity contribution in [1.29, 1.82) is 0 Å². The molecule has 2 atom stereocenters. The number of hydrogen-bond acceptors (Lipinski definition) is 3. The van der Waals surface area contributed by atoms with E-state index in [1.165, 1.54) is 7.11 Å². The van der Waals surface area contributed by atoms with Gasteiger partial charge in [0.2, 0.25) is 0 Å². The minimum absolute atomic E-state index is 0.263. The fourth-order valence-electron chi connectivity index (χ4n) is 1.73. The van der Waals surface area contributed by atoms with Crippen molar-refractivity contribution >= 4 is 5.97 Å². The maximum absolute atomic E-state index is 11.6. The third kappa shape index (κ3) is 2.31. The Hall–Kier alpha value is -1.61. The standard InChI is InChI=1S/C13H17NO2/c1-4-11(10-8-6-5-7-9-10)13(2,14)12(15)16-3/h4-9,11H,1,14H2,2-3H3/t11-,13+/m0/s1. The minimum Gasteiger partial charge on any atom is -0.468 e. The highest BCUT2D eigenvalue weighted by molar-refractivity contribution is 5.82. The quantitative estimate of drug-likeness (QED) is 0.621. The summed E-state index contributed by atoms with van der Waals surface area (Å²) < 4.78 is 4.71. The maximum atomic E-state index is 11.6. The summed E-state index contributed by atoms with van der Waals surface area (Å²) in [6, 6.07) is 9.55. The molecule has 0 amide bonds. The molecule has 2 N–H and O–H groups in total. The highest BCUT2D eigenvalue weighted by Gasteiger charge is 2.37. The van der Waals surface area contributed by atoms with Gasteiger partial charge >= 0.3 is 5.97 Å². The lowest BCUT2D eigenvalue weighted by Gasteiger charge is -2.29. The summed E-state index contributed by atoms with van der Waals surface area (Å²) >= 11 is 0. The van der Waals surface area contributed by atoms with Crippen molar-refractivity contribution in [2.24, 2.45) is 5.73 Å². The Balaban J connectivity index is 3.08. The van der Waals surface area contributed by atoms with E-state index in [0.29, 0.717) is 0 Å². The average Bonchev–Trinajstić information content (AvgIpc) is 2.30. The number of ether oxygens (including phenoxy) is 1. The number of methoxy groups -OCH3 is 1. The summed E-state index contributed by atoms with van der Waals surface area (Å²) in [5.74, 6) is -0.706. The minimum atomic E-state index is -1.10. The van der Waals surface area contributed by atoms with Crippen molar-refractivity contribution in [3.8, 4) is 0 Å². The van der Waals surface area contributed by atoms with E-state index in [-0.39, 0.29) is 5.92 Å². The van der Waals surface area contributed by atoms with Crippen LogP contribution >= 0.6 is 0 Å². The van der Waals surface area contributed by atoms with Crippen LogP contribution in [0.5, 0.6) is 0 Å². The Morgan fingerprint density at radius 3 is 2.50 bits per heavy atom. The average molecular weight is 219 g/mol. The largest absolute Gasteiger partial charge is 0.468 e. The summed E-state index contributed by atoms with van der Waals surface area (Å²) in [7, 11) is 1.33. The number of nitrogens with two attached hydrogens (primary N) is 1. The van der Waals surface area contributed by atoms with Gasteiger partial charge in [-0.05, 0) is 12.5 Å². The molecule has 0 saturated carbocycles. The Kier molecular flexibility index (Phi) is 3.85. The molecule has 0 fully saturated rings.